The molecule has 0 saturated carbocycles. The number of halogens is 4. The zero-order chi connectivity index (χ0) is 37.4. The van der Waals surface area contributed by atoms with Crippen LogP contribution >= 0.6 is 15.9 Å². The van der Waals surface area contributed by atoms with Crippen molar-refractivity contribution >= 4 is 27.7 Å². The van der Waals surface area contributed by atoms with Crippen LogP contribution in [0.25, 0.3) is 16.9 Å². The number of carbonyl (C=O) groups excluding carboxylic acids is 2. The van der Waals surface area contributed by atoms with E-state index in [-0.39, 0.29) is 42.7 Å². The summed E-state index contributed by atoms with van der Waals surface area (Å²) in [5.74, 6) is -0.852. The molecule has 0 bridgehead atoms. The second-order valence-electron chi connectivity index (χ2n) is 12.8. The molecule has 2 N–H and O–H groups in total. The van der Waals surface area contributed by atoms with E-state index in [4.69, 9.17) is 4.74 Å². The van der Waals surface area contributed by atoms with E-state index in [1.807, 2.05) is 38.1 Å². The molecule has 270 valence electrons. The number of nitrogens with zero attached hydrogens (tertiary/aromatic N) is 5. The van der Waals surface area contributed by atoms with E-state index in [1.165, 1.54) is 39.7 Å². The average molecular weight is 780 g/mol. The molecule has 6 rings (SSSR count). The van der Waals surface area contributed by atoms with Gasteiger partial charge in [-0.25, -0.2) is 14.8 Å². The van der Waals surface area contributed by atoms with Gasteiger partial charge in [0, 0.05) is 40.9 Å². The topological polar surface area (TPSA) is 132 Å². The lowest BCUT2D eigenvalue weighted by molar-refractivity contribution is -0.260. The molecule has 5 aromatic rings. The van der Waals surface area contributed by atoms with Gasteiger partial charge in [-0.15, -0.1) is 0 Å². The fourth-order valence-corrected chi connectivity index (χ4v) is 6.18. The highest BCUT2D eigenvalue weighted by atomic mass is 79.9. The lowest BCUT2D eigenvalue weighted by Gasteiger charge is -2.34. The van der Waals surface area contributed by atoms with Gasteiger partial charge >= 0.3 is 11.9 Å². The first kappa shape index (κ1) is 36.5. The summed E-state index contributed by atoms with van der Waals surface area (Å²) >= 11 is 3.46. The predicted octanol–water partition coefficient (Wildman–Crippen LogP) is 5.83. The van der Waals surface area contributed by atoms with E-state index in [1.54, 1.807) is 35.4 Å². The van der Waals surface area contributed by atoms with Gasteiger partial charge in [-0.2, -0.15) is 13.2 Å². The van der Waals surface area contributed by atoms with Crippen LogP contribution in [0.1, 0.15) is 51.5 Å². The second kappa shape index (κ2) is 14.4. The van der Waals surface area contributed by atoms with Crippen LogP contribution in [0, 0.1) is 6.92 Å². The summed E-state index contributed by atoms with van der Waals surface area (Å²) in [5.41, 5.74) is 0.435. The van der Waals surface area contributed by atoms with E-state index < -0.39 is 36.0 Å². The van der Waals surface area contributed by atoms with Gasteiger partial charge in [0.15, 0.2) is 5.60 Å². The third-order valence-electron chi connectivity index (χ3n) is 8.96. The Morgan fingerprint density at radius 3 is 2.48 bits per heavy atom. The first-order valence-electron chi connectivity index (χ1n) is 16.2. The van der Waals surface area contributed by atoms with Crippen LogP contribution in [0.2, 0.25) is 0 Å². The van der Waals surface area contributed by atoms with Crippen LogP contribution in [-0.2, 0) is 19.6 Å². The summed E-state index contributed by atoms with van der Waals surface area (Å²) in [5, 5.41) is 12.7. The van der Waals surface area contributed by atoms with E-state index in [2.05, 4.69) is 31.2 Å². The molecule has 3 aromatic carbocycles. The fourth-order valence-electron chi connectivity index (χ4n) is 5.94. The minimum absolute atomic E-state index is 0.00474. The number of aromatic nitrogens is 4. The number of alkyl halides is 3. The molecule has 3 heterocycles. The Morgan fingerprint density at radius 2 is 1.81 bits per heavy atom. The van der Waals surface area contributed by atoms with E-state index in [0.29, 0.717) is 23.9 Å². The molecule has 2 atom stereocenters. The van der Waals surface area contributed by atoms with Gasteiger partial charge in [-0.05, 0) is 80.4 Å². The summed E-state index contributed by atoms with van der Waals surface area (Å²) in [6.07, 6.45) is -1.87. The molecule has 15 heteroatoms. The molecule has 0 radical (unpaired) electrons. The van der Waals surface area contributed by atoms with Crippen LogP contribution in [0.3, 0.4) is 0 Å². The minimum Gasteiger partial charge on any atom is -0.490 e. The summed E-state index contributed by atoms with van der Waals surface area (Å²) in [6.45, 7) is 3.37. The Bertz CT molecular complexity index is 2190. The Labute approximate surface area is 304 Å². The molecule has 0 unspecified atom stereocenters. The van der Waals surface area contributed by atoms with Gasteiger partial charge in [0.2, 0.25) is 0 Å². The van der Waals surface area contributed by atoms with Crippen molar-refractivity contribution in [1.82, 2.24) is 29.3 Å². The number of carbonyl (C=O) groups is 2. The van der Waals surface area contributed by atoms with Crippen molar-refractivity contribution in [2.75, 3.05) is 6.61 Å². The maximum atomic E-state index is 14.3. The number of ether oxygens (including phenoxy) is 1. The number of hydrogen-bond donors (Lipinski definition) is 2. The summed E-state index contributed by atoms with van der Waals surface area (Å²) < 4.78 is 48.3. The summed E-state index contributed by atoms with van der Waals surface area (Å²) in [6, 6.07) is 19.6. The number of fused-ring (bicyclic) bond motifs is 1. The highest BCUT2D eigenvalue weighted by molar-refractivity contribution is 9.10. The van der Waals surface area contributed by atoms with Gasteiger partial charge in [0.05, 0.1) is 23.6 Å². The van der Waals surface area contributed by atoms with E-state index >= 15 is 0 Å². The fraction of sp³-hybridized carbons (Fsp3) is 0.270. The standard InChI is InChI=1S/C37H34BrF3N6O5/c1-22-16-24(8-13-29(22)38)34(49)45-19-31-32(33(48)43-17-25-6-4-5-7-28(25)30-14-15-42-21-44-30)47(35(50)46(31)18-23(45)2)26-9-11-27(12-10-26)52-20-36(3,51)37(39,40)41/h4-16,21,23,51H,17-20H2,1-3H3,(H,43,48)/t23-,36-/m1/s1. The van der Waals surface area contributed by atoms with Crippen molar-refractivity contribution in [3.8, 4) is 22.7 Å². The lowest BCUT2D eigenvalue weighted by Crippen LogP contribution is -2.47. The third kappa shape index (κ3) is 7.23. The Morgan fingerprint density at radius 1 is 1.08 bits per heavy atom. The van der Waals surface area contributed by atoms with Crippen molar-refractivity contribution < 1.29 is 32.6 Å². The van der Waals surface area contributed by atoms with Crippen LogP contribution in [0.4, 0.5) is 13.2 Å². The Kier molecular flexibility index (Phi) is 10.1. The van der Waals surface area contributed by atoms with Crippen LogP contribution in [0.5, 0.6) is 5.75 Å². The van der Waals surface area contributed by atoms with Crippen molar-refractivity contribution in [2.45, 2.75) is 58.2 Å². The smallest absolute Gasteiger partial charge is 0.420 e. The highest BCUT2D eigenvalue weighted by Gasteiger charge is 2.50. The third-order valence-corrected chi connectivity index (χ3v) is 9.85. The van der Waals surface area contributed by atoms with Crippen LogP contribution in [0.15, 0.2) is 94.6 Å². The molecule has 1 aliphatic heterocycles. The summed E-state index contributed by atoms with van der Waals surface area (Å²) in [7, 11) is 0. The predicted molar refractivity (Wildman–Crippen MR) is 189 cm³/mol. The first-order chi connectivity index (χ1) is 24.7. The number of hydrogen-bond acceptors (Lipinski definition) is 7. The molecular weight excluding hydrogens is 745 g/mol. The van der Waals surface area contributed by atoms with Gasteiger partial charge in [-0.3, -0.25) is 18.7 Å². The van der Waals surface area contributed by atoms with Gasteiger partial charge in [0.25, 0.3) is 11.8 Å². The second-order valence-corrected chi connectivity index (χ2v) is 13.6. The summed E-state index contributed by atoms with van der Waals surface area (Å²) in [4.78, 5) is 52.1. The molecule has 0 aliphatic carbocycles. The first-order valence-corrected chi connectivity index (χ1v) is 17.0. The normalized spacial score (nSPS) is 15.5. The molecule has 0 saturated heterocycles. The molecule has 52 heavy (non-hydrogen) atoms. The van der Waals surface area contributed by atoms with Gasteiger partial charge < -0.3 is 20.1 Å². The molecular formula is C37H34BrF3N6O5. The van der Waals surface area contributed by atoms with Crippen molar-refractivity contribution in [1.29, 1.82) is 0 Å². The van der Waals surface area contributed by atoms with E-state index in [0.717, 1.165) is 21.2 Å². The number of aliphatic hydroxyl groups is 1. The molecule has 2 aromatic heterocycles. The number of amides is 2. The van der Waals surface area contributed by atoms with Crippen molar-refractivity contribution in [3.05, 3.63) is 128 Å². The zero-order valence-electron chi connectivity index (χ0n) is 28.3. The highest BCUT2D eigenvalue weighted by Crippen LogP contribution is 2.31. The van der Waals surface area contributed by atoms with E-state index in [9.17, 15) is 32.7 Å². The monoisotopic (exact) mass is 778 g/mol. The number of benzene rings is 3. The Balaban J connectivity index is 1.37. The average Bonchev–Trinajstić information content (AvgIpc) is 3.41. The van der Waals surface area contributed by atoms with Gasteiger partial charge in [-0.1, -0.05) is 40.2 Å². The number of imidazole rings is 1. The maximum absolute atomic E-state index is 14.3. The molecule has 0 fully saturated rings. The number of rotatable bonds is 9. The number of nitrogens with one attached hydrogen (secondary N) is 1. The molecule has 1 aliphatic rings. The van der Waals surface area contributed by atoms with Crippen molar-refractivity contribution in [2.24, 2.45) is 0 Å². The SMILES string of the molecule is Cc1cc(C(=O)N2Cc3c(C(=O)NCc4ccccc4-c4ccncn4)n(-c4ccc(OC[C@@](C)(O)C(F)(F)F)cc4)c(=O)n3C[C@H]2C)ccc1Br. The van der Waals surface area contributed by atoms with Crippen LogP contribution in [-0.4, -0.2) is 65.3 Å². The number of aryl methyl sites for hydroxylation is 1. The molecule has 0 spiro atoms. The molecule has 2 amide bonds. The van der Waals surface area contributed by atoms with Crippen molar-refractivity contribution in [3.63, 3.8) is 0 Å². The van der Waals surface area contributed by atoms with Crippen LogP contribution < -0.4 is 15.7 Å². The Hall–Kier alpha value is -5.28. The minimum atomic E-state index is -4.91. The largest absolute Gasteiger partial charge is 0.490 e. The molecule has 11 nitrogen and oxygen atoms in total. The quantitative estimate of drug-likeness (QED) is 0.193. The maximum Gasteiger partial charge on any atom is 0.420 e. The van der Waals surface area contributed by atoms with Gasteiger partial charge in [0.1, 0.15) is 24.4 Å². The lowest BCUT2D eigenvalue weighted by atomic mass is 10.0. The zero-order valence-corrected chi connectivity index (χ0v) is 29.9.